The van der Waals surface area contributed by atoms with Gasteiger partial charge in [0.2, 0.25) is 0 Å². The van der Waals surface area contributed by atoms with Crippen LogP contribution >= 0.6 is 0 Å². The molecule has 1 fully saturated rings. The van der Waals surface area contributed by atoms with Gasteiger partial charge < -0.3 is 4.74 Å². The van der Waals surface area contributed by atoms with E-state index < -0.39 is 0 Å². The van der Waals surface area contributed by atoms with E-state index in [0.717, 1.165) is 11.3 Å². The van der Waals surface area contributed by atoms with Gasteiger partial charge in [-0.1, -0.05) is 12.1 Å². The first-order chi connectivity index (χ1) is 7.20. The van der Waals surface area contributed by atoms with Gasteiger partial charge >= 0.3 is 0 Å². The van der Waals surface area contributed by atoms with E-state index in [9.17, 15) is 4.79 Å². The summed E-state index contributed by atoms with van der Waals surface area (Å²) in [5, 5.41) is 0. The Labute approximate surface area is 90.3 Å². The van der Waals surface area contributed by atoms with Crippen LogP contribution in [0.25, 0.3) is 0 Å². The Bertz CT molecular complexity index is 378. The summed E-state index contributed by atoms with van der Waals surface area (Å²) in [6, 6.07) is 6.14. The molecule has 0 N–H and O–H groups in total. The SMILES string of the molecule is COc1cc(CC(C)=O)ccc1C1CC1. The summed E-state index contributed by atoms with van der Waals surface area (Å²) in [7, 11) is 1.69. The Kier molecular flexibility index (Phi) is 2.76. The minimum atomic E-state index is 0.191. The summed E-state index contributed by atoms with van der Waals surface area (Å²) in [6.07, 6.45) is 3.03. The van der Waals surface area contributed by atoms with Crippen LogP contribution in [-0.2, 0) is 11.2 Å². The molecule has 0 amide bonds. The monoisotopic (exact) mass is 204 g/mol. The maximum absolute atomic E-state index is 11.0. The summed E-state index contributed by atoms with van der Waals surface area (Å²) < 4.78 is 5.36. The van der Waals surface area contributed by atoms with Crippen LogP contribution in [0, 0.1) is 0 Å². The Morgan fingerprint density at radius 1 is 1.47 bits per heavy atom. The van der Waals surface area contributed by atoms with Gasteiger partial charge in [0.25, 0.3) is 0 Å². The fourth-order valence-electron chi connectivity index (χ4n) is 1.88. The van der Waals surface area contributed by atoms with Crippen molar-refractivity contribution in [1.29, 1.82) is 0 Å². The van der Waals surface area contributed by atoms with Crippen LogP contribution in [0.15, 0.2) is 18.2 Å². The van der Waals surface area contributed by atoms with Crippen LogP contribution in [0.5, 0.6) is 5.75 Å². The van der Waals surface area contributed by atoms with E-state index in [1.165, 1.54) is 18.4 Å². The molecule has 0 unspecified atom stereocenters. The number of hydrogen-bond acceptors (Lipinski definition) is 2. The molecule has 2 nitrogen and oxygen atoms in total. The summed E-state index contributed by atoms with van der Waals surface area (Å²) in [4.78, 5) is 11.0. The molecule has 1 aromatic carbocycles. The molecule has 2 heteroatoms. The quantitative estimate of drug-likeness (QED) is 0.753. The number of hydrogen-bond donors (Lipinski definition) is 0. The van der Waals surface area contributed by atoms with Crippen LogP contribution in [-0.4, -0.2) is 12.9 Å². The lowest BCUT2D eigenvalue weighted by atomic mass is 10.0. The molecule has 0 spiro atoms. The largest absolute Gasteiger partial charge is 0.496 e. The van der Waals surface area contributed by atoms with Gasteiger partial charge in [-0.25, -0.2) is 0 Å². The van der Waals surface area contributed by atoms with Crippen LogP contribution in [0.3, 0.4) is 0 Å². The van der Waals surface area contributed by atoms with Crippen molar-refractivity contribution in [3.63, 3.8) is 0 Å². The minimum Gasteiger partial charge on any atom is -0.496 e. The lowest BCUT2D eigenvalue weighted by Crippen LogP contribution is -1.98. The second-order valence-corrected chi connectivity index (χ2v) is 4.23. The van der Waals surface area contributed by atoms with Crippen molar-refractivity contribution in [3.05, 3.63) is 29.3 Å². The van der Waals surface area contributed by atoms with Gasteiger partial charge in [0.15, 0.2) is 0 Å². The van der Waals surface area contributed by atoms with E-state index in [0.29, 0.717) is 12.3 Å². The zero-order valence-electron chi connectivity index (χ0n) is 9.25. The molecule has 1 aliphatic rings. The lowest BCUT2D eigenvalue weighted by Gasteiger charge is -2.09. The predicted octanol–water partition coefficient (Wildman–Crippen LogP) is 2.70. The molecule has 2 rings (SSSR count). The van der Waals surface area contributed by atoms with Gasteiger partial charge in [0.05, 0.1) is 7.11 Å². The number of benzene rings is 1. The van der Waals surface area contributed by atoms with Crippen molar-refractivity contribution in [1.82, 2.24) is 0 Å². The van der Waals surface area contributed by atoms with Crippen LogP contribution < -0.4 is 4.74 Å². The molecule has 0 atom stereocenters. The molecule has 1 saturated carbocycles. The molecule has 0 bridgehead atoms. The molecule has 0 saturated heterocycles. The van der Waals surface area contributed by atoms with Gasteiger partial charge in [-0.05, 0) is 42.9 Å². The van der Waals surface area contributed by atoms with Crippen molar-refractivity contribution in [2.45, 2.75) is 32.1 Å². The molecule has 80 valence electrons. The average Bonchev–Trinajstić information content (AvgIpc) is 3.00. The molecule has 1 aromatic rings. The zero-order valence-corrected chi connectivity index (χ0v) is 9.25. The van der Waals surface area contributed by atoms with Gasteiger partial charge in [-0.3, -0.25) is 4.79 Å². The van der Waals surface area contributed by atoms with E-state index in [1.54, 1.807) is 14.0 Å². The molecular formula is C13H16O2. The molecular weight excluding hydrogens is 188 g/mol. The van der Waals surface area contributed by atoms with Gasteiger partial charge in [0.1, 0.15) is 11.5 Å². The summed E-state index contributed by atoms with van der Waals surface area (Å²) >= 11 is 0. The van der Waals surface area contributed by atoms with E-state index in [-0.39, 0.29) is 5.78 Å². The topological polar surface area (TPSA) is 26.3 Å². The van der Waals surface area contributed by atoms with Crippen molar-refractivity contribution >= 4 is 5.78 Å². The molecule has 0 heterocycles. The Hall–Kier alpha value is -1.31. The van der Waals surface area contributed by atoms with Gasteiger partial charge in [0, 0.05) is 6.42 Å². The fraction of sp³-hybridized carbons (Fsp3) is 0.462. The average molecular weight is 204 g/mol. The third-order valence-electron chi connectivity index (χ3n) is 2.77. The normalized spacial score (nSPS) is 15.1. The number of carbonyl (C=O) groups excluding carboxylic acids is 1. The first kappa shape index (κ1) is 10.2. The van der Waals surface area contributed by atoms with E-state index in [2.05, 4.69) is 6.07 Å². The maximum Gasteiger partial charge on any atom is 0.134 e. The number of Topliss-reactive ketones (excluding diaryl/α,β-unsaturated/α-hetero) is 1. The minimum absolute atomic E-state index is 0.191. The molecule has 0 radical (unpaired) electrons. The number of carbonyl (C=O) groups is 1. The highest BCUT2D eigenvalue weighted by atomic mass is 16.5. The second-order valence-electron chi connectivity index (χ2n) is 4.23. The Balaban J connectivity index is 2.25. The van der Waals surface area contributed by atoms with Crippen LogP contribution in [0.1, 0.15) is 36.8 Å². The summed E-state index contributed by atoms with van der Waals surface area (Å²) in [5.74, 6) is 1.82. The smallest absolute Gasteiger partial charge is 0.134 e. The first-order valence-corrected chi connectivity index (χ1v) is 5.37. The highest BCUT2D eigenvalue weighted by Gasteiger charge is 2.26. The van der Waals surface area contributed by atoms with Crippen molar-refractivity contribution in [2.24, 2.45) is 0 Å². The first-order valence-electron chi connectivity index (χ1n) is 5.37. The van der Waals surface area contributed by atoms with Crippen LogP contribution in [0.2, 0.25) is 0 Å². The fourth-order valence-corrected chi connectivity index (χ4v) is 1.88. The molecule has 15 heavy (non-hydrogen) atoms. The zero-order chi connectivity index (χ0) is 10.8. The van der Waals surface area contributed by atoms with E-state index >= 15 is 0 Å². The van der Waals surface area contributed by atoms with E-state index in [1.807, 2.05) is 12.1 Å². The second kappa shape index (κ2) is 4.05. The molecule has 1 aliphatic carbocycles. The van der Waals surface area contributed by atoms with E-state index in [4.69, 9.17) is 4.74 Å². The standard InChI is InChI=1S/C13H16O2/c1-9(14)7-10-3-6-12(11-4-5-11)13(8-10)15-2/h3,6,8,11H,4-5,7H2,1-2H3. The third-order valence-corrected chi connectivity index (χ3v) is 2.77. The summed E-state index contributed by atoms with van der Waals surface area (Å²) in [6.45, 7) is 1.61. The highest BCUT2D eigenvalue weighted by Crippen LogP contribution is 2.44. The molecule has 0 aromatic heterocycles. The highest BCUT2D eigenvalue weighted by molar-refractivity contribution is 5.78. The number of ketones is 1. The third kappa shape index (κ3) is 2.38. The Morgan fingerprint density at radius 2 is 2.20 bits per heavy atom. The van der Waals surface area contributed by atoms with Crippen LogP contribution in [0.4, 0.5) is 0 Å². The van der Waals surface area contributed by atoms with Crippen molar-refractivity contribution in [3.8, 4) is 5.75 Å². The number of methoxy groups -OCH3 is 1. The maximum atomic E-state index is 11.0. The molecule has 0 aliphatic heterocycles. The summed E-state index contributed by atoms with van der Waals surface area (Å²) in [5.41, 5.74) is 2.34. The Morgan fingerprint density at radius 3 is 2.73 bits per heavy atom. The number of ether oxygens (including phenoxy) is 1. The number of rotatable bonds is 4. The predicted molar refractivity (Wildman–Crippen MR) is 59.4 cm³/mol. The van der Waals surface area contributed by atoms with Gasteiger partial charge in [-0.15, -0.1) is 0 Å². The lowest BCUT2D eigenvalue weighted by molar-refractivity contribution is -0.116. The van der Waals surface area contributed by atoms with Crippen molar-refractivity contribution < 1.29 is 9.53 Å². The van der Waals surface area contributed by atoms with Crippen molar-refractivity contribution in [2.75, 3.05) is 7.11 Å². The van der Waals surface area contributed by atoms with Gasteiger partial charge in [-0.2, -0.15) is 0 Å².